The number of esters is 1. The molecule has 1 atom stereocenters. The lowest BCUT2D eigenvalue weighted by Crippen LogP contribution is -2.31. The van der Waals surface area contributed by atoms with Crippen LogP contribution in [0.15, 0.2) is 48.5 Å². The predicted octanol–water partition coefficient (Wildman–Crippen LogP) is 4.51. The smallest absolute Gasteiger partial charge is 0.436 e. The summed E-state index contributed by atoms with van der Waals surface area (Å²) >= 11 is 0. The zero-order valence-electron chi connectivity index (χ0n) is 19.5. The lowest BCUT2D eigenvalue weighted by atomic mass is 10.1. The van der Waals surface area contributed by atoms with Crippen LogP contribution in [0, 0.1) is 6.92 Å². The van der Waals surface area contributed by atoms with Crippen LogP contribution in [0.3, 0.4) is 0 Å². The molecule has 2 heterocycles. The number of aryl methyl sites for hydroxylation is 1. The highest BCUT2D eigenvalue weighted by molar-refractivity contribution is 6.01. The van der Waals surface area contributed by atoms with Crippen molar-refractivity contribution < 1.29 is 27.5 Å². The number of amides is 1. The van der Waals surface area contributed by atoms with E-state index in [-0.39, 0.29) is 12.4 Å². The Hall–Kier alpha value is -3.82. The van der Waals surface area contributed by atoms with Crippen LogP contribution in [0.4, 0.5) is 19.0 Å². The maximum atomic E-state index is 13.9. The first-order valence-corrected chi connectivity index (χ1v) is 11.1. The second-order valence-electron chi connectivity index (χ2n) is 8.49. The number of methoxy groups -OCH3 is 1. The van der Waals surface area contributed by atoms with Gasteiger partial charge in [0.25, 0.3) is 5.91 Å². The van der Waals surface area contributed by atoms with Gasteiger partial charge in [0.1, 0.15) is 11.4 Å². The Bertz CT molecular complexity index is 1250. The third kappa shape index (κ3) is 5.01. The molecule has 0 bridgehead atoms. The molecule has 1 aromatic heterocycles. The molecule has 1 aliphatic rings. The van der Waals surface area contributed by atoms with Gasteiger partial charge in [0, 0.05) is 13.1 Å². The maximum absolute atomic E-state index is 13.9. The molecule has 1 amide bonds. The van der Waals surface area contributed by atoms with Crippen molar-refractivity contribution in [2.24, 2.45) is 0 Å². The summed E-state index contributed by atoms with van der Waals surface area (Å²) in [5, 5.41) is 6.41. The van der Waals surface area contributed by atoms with Crippen molar-refractivity contribution in [3.05, 3.63) is 82.0 Å². The Labute approximate surface area is 200 Å². The average Bonchev–Trinajstić information content (AvgIpc) is 3.39. The van der Waals surface area contributed by atoms with E-state index in [1.165, 1.54) is 23.9 Å². The molecule has 1 N–H and O–H groups in total. The van der Waals surface area contributed by atoms with Crippen LogP contribution in [0.1, 0.15) is 56.1 Å². The van der Waals surface area contributed by atoms with E-state index in [4.69, 9.17) is 0 Å². The fourth-order valence-electron chi connectivity index (χ4n) is 4.22. The van der Waals surface area contributed by atoms with Gasteiger partial charge in [-0.2, -0.15) is 18.3 Å². The van der Waals surface area contributed by atoms with E-state index in [0.717, 1.165) is 11.1 Å². The third-order valence-corrected chi connectivity index (χ3v) is 5.94. The van der Waals surface area contributed by atoms with E-state index in [1.54, 1.807) is 24.0 Å². The molecule has 0 spiro atoms. The summed E-state index contributed by atoms with van der Waals surface area (Å²) in [6.45, 7) is 4.65. The summed E-state index contributed by atoms with van der Waals surface area (Å²) in [6, 6.07) is 13.4. The molecule has 184 valence electrons. The van der Waals surface area contributed by atoms with Gasteiger partial charge in [0.15, 0.2) is 5.69 Å². The molecule has 7 nitrogen and oxygen atoms in total. The fourth-order valence-corrected chi connectivity index (χ4v) is 4.22. The lowest BCUT2D eigenvalue weighted by molar-refractivity contribution is -0.141. The summed E-state index contributed by atoms with van der Waals surface area (Å²) in [6.07, 6.45) is -4.79. The summed E-state index contributed by atoms with van der Waals surface area (Å²) in [7, 11) is 1.27. The van der Waals surface area contributed by atoms with E-state index >= 15 is 0 Å². The van der Waals surface area contributed by atoms with Crippen LogP contribution in [-0.4, -0.2) is 35.3 Å². The summed E-state index contributed by atoms with van der Waals surface area (Å²) in [5.41, 5.74) is 1.23. The number of aromatic nitrogens is 2. The number of hydrogen-bond donors (Lipinski definition) is 1. The Balaban J connectivity index is 1.63. The average molecular weight is 486 g/mol. The topological polar surface area (TPSA) is 76.5 Å². The Kier molecular flexibility index (Phi) is 6.56. The zero-order chi connectivity index (χ0) is 25.3. The van der Waals surface area contributed by atoms with E-state index in [2.05, 4.69) is 15.2 Å². The number of carbonyl (C=O) groups is 2. The van der Waals surface area contributed by atoms with Crippen LogP contribution in [0.5, 0.6) is 0 Å². The van der Waals surface area contributed by atoms with Gasteiger partial charge in [-0.25, -0.2) is 9.48 Å². The molecule has 1 aliphatic heterocycles. The summed E-state index contributed by atoms with van der Waals surface area (Å²) < 4.78 is 47.5. The largest absolute Gasteiger partial charge is 0.465 e. The molecular weight excluding hydrogens is 461 g/mol. The molecule has 3 aromatic rings. The highest BCUT2D eigenvalue weighted by Gasteiger charge is 2.44. The quantitative estimate of drug-likeness (QED) is 0.519. The number of benzene rings is 2. The highest BCUT2D eigenvalue weighted by Crippen LogP contribution is 2.38. The monoisotopic (exact) mass is 486 g/mol. The highest BCUT2D eigenvalue weighted by atomic mass is 19.4. The van der Waals surface area contributed by atoms with Crippen molar-refractivity contribution in [2.45, 2.75) is 39.2 Å². The number of ether oxygens (including phenoxy) is 1. The Morgan fingerprint density at radius 1 is 1.14 bits per heavy atom. The van der Waals surface area contributed by atoms with Crippen LogP contribution < -0.4 is 10.2 Å². The Morgan fingerprint density at radius 3 is 2.49 bits per heavy atom. The van der Waals surface area contributed by atoms with Gasteiger partial charge >= 0.3 is 12.1 Å². The van der Waals surface area contributed by atoms with E-state index in [9.17, 15) is 22.8 Å². The number of nitrogens with one attached hydrogen (secondary N) is 1. The number of anilines is 1. The molecule has 0 radical (unpaired) electrons. The van der Waals surface area contributed by atoms with E-state index in [0.29, 0.717) is 24.2 Å². The third-order valence-electron chi connectivity index (χ3n) is 5.94. The van der Waals surface area contributed by atoms with Crippen molar-refractivity contribution in [2.75, 3.05) is 18.6 Å². The fraction of sp³-hybridized carbons (Fsp3) is 0.320. The molecule has 2 aromatic carbocycles. The number of alkyl halides is 3. The standard InChI is InChI=1S/C25H25F3N4O3/c1-15-5-4-6-17(13-15)14-31-11-12-32-23(31)20(21(30-32)25(26,27)28)22(33)29-16(2)18-7-9-19(10-8-18)24(34)35-3/h4-10,13,16H,11-12,14H2,1-3H3,(H,29,33). The molecule has 0 fully saturated rings. The molecule has 0 saturated heterocycles. The predicted molar refractivity (Wildman–Crippen MR) is 123 cm³/mol. The first-order chi connectivity index (χ1) is 16.6. The van der Waals surface area contributed by atoms with Crippen molar-refractivity contribution in [3.63, 3.8) is 0 Å². The van der Waals surface area contributed by atoms with Gasteiger partial charge in [-0.1, -0.05) is 42.0 Å². The van der Waals surface area contributed by atoms with Crippen LogP contribution in [-0.2, 0) is 24.0 Å². The van der Waals surface area contributed by atoms with Gasteiger partial charge in [-0.3, -0.25) is 4.79 Å². The van der Waals surface area contributed by atoms with Crippen LogP contribution >= 0.6 is 0 Å². The lowest BCUT2D eigenvalue weighted by Gasteiger charge is -2.21. The van der Waals surface area contributed by atoms with E-state index in [1.807, 2.05) is 31.2 Å². The van der Waals surface area contributed by atoms with Gasteiger partial charge in [0.05, 0.1) is 25.3 Å². The molecular formula is C25H25F3N4O3. The molecule has 0 aliphatic carbocycles. The normalized spacial score (nSPS) is 13.9. The number of hydrogen-bond acceptors (Lipinski definition) is 5. The van der Waals surface area contributed by atoms with Crippen molar-refractivity contribution >= 4 is 17.7 Å². The first-order valence-electron chi connectivity index (χ1n) is 11.1. The van der Waals surface area contributed by atoms with Gasteiger partial charge in [-0.05, 0) is 37.1 Å². The van der Waals surface area contributed by atoms with Gasteiger partial charge < -0.3 is 15.0 Å². The minimum atomic E-state index is -4.79. The minimum absolute atomic E-state index is 0.157. The number of nitrogens with zero attached hydrogens (tertiary/aromatic N) is 3. The van der Waals surface area contributed by atoms with E-state index < -0.39 is 35.4 Å². The first kappa shape index (κ1) is 24.3. The molecule has 4 rings (SSSR count). The zero-order valence-corrected chi connectivity index (χ0v) is 19.5. The SMILES string of the molecule is COC(=O)c1ccc(C(C)NC(=O)c2c(C(F)(F)F)nn3c2N(Cc2cccc(C)c2)CC3)cc1. The van der Waals surface area contributed by atoms with Crippen molar-refractivity contribution in [1.29, 1.82) is 0 Å². The second kappa shape index (κ2) is 9.44. The number of halogens is 3. The molecule has 10 heteroatoms. The number of fused-ring (bicyclic) bond motifs is 1. The van der Waals surface area contributed by atoms with Crippen molar-refractivity contribution in [3.8, 4) is 0 Å². The molecule has 35 heavy (non-hydrogen) atoms. The summed E-state index contributed by atoms with van der Waals surface area (Å²) in [5.74, 6) is -1.21. The molecule has 1 unspecified atom stereocenters. The van der Waals surface area contributed by atoms with Crippen LogP contribution in [0.25, 0.3) is 0 Å². The summed E-state index contributed by atoms with van der Waals surface area (Å²) in [4.78, 5) is 26.6. The number of rotatable bonds is 6. The number of carbonyl (C=O) groups excluding carboxylic acids is 2. The van der Waals surface area contributed by atoms with Crippen LogP contribution in [0.2, 0.25) is 0 Å². The minimum Gasteiger partial charge on any atom is -0.465 e. The van der Waals surface area contributed by atoms with Gasteiger partial charge in [0.2, 0.25) is 0 Å². The maximum Gasteiger partial charge on any atom is 0.436 e. The van der Waals surface area contributed by atoms with Crippen molar-refractivity contribution in [1.82, 2.24) is 15.1 Å². The second-order valence-corrected chi connectivity index (χ2v) is 8.49. The molecule has 0 saturated carbocycles. The van der Waals surface area contributed by atoms with Gasteiger partial charge in [-0.15, -0.1) is 0 Å². The Morgan fingerprint density at radius 2 is 1.86 bits per heavy atom.